The van der Waals surface area contributed by atoms with Crippen molar-refractivity contribution in [1.29, 1.82) is 0 Å². The van der Waals surface area contributed by atoms with Gasteiger partial charge in [-0.15, -0.1) is 0 Å². The van der Waals surface area contributed by atoms with Crippen molar-refractivity contribution in [2.75, 3.05) is 18.5 Å². The molecule has 1 aromatic rings. The molecule has 0 bridgehead atoms. The average molecular weight is 261 g/mol. The van der Waals surface area contributed by atoms with Crippen LogP contribution in [0.1, 0.15) is 49.7 Å². The molecule has 19 heavy (non-hydrogen) atoms. The number of aryl methyl sites for hydroxylation is 1. The lowest BCUT2D eigenvalue weighted by atomic mass is 10.1. The van der Waals surface area contributed by atoms with Crippen LogP contribution in [0.25, 0.3) is 0 Å². The predicted molar refractivity (Wildman–Crippen MR) is 75.5 cm³/mol. The number of ether oxygens (including phenoxy) is 1. The molecule has 1 saturated heterocycles. The maximum atomic E-state index is 5.70. The van der Waals surface area contributed by atoms with Crippen LogP contribution in [0.2, 0.25) is 0 Å². The second-order valence-corrected chi connectivity index (χ2v) is 5.53. The van der Waals surface area contributed by atoms with Gasteiger partial charge in [0.2, 0.25) is 0 Å². The molecule has 1 unspecified atom stereocenters. The molecule has 0 saturated carbocycles. The standard InChI is InChI=1S/C15H23N3O/c1-2-8-16-15-12-6-3-7-13(12)17-14(18-15)10-11-5-4-9-19-11/h11H,2-10H2,1H3,(H,16,17,18). The summed E-state index contributed by atoms with van der Waals surface area (Å²) in [4.78, 5) is 9.50. The van der Waals surface area contributed by atoms with Crippen LogP contribution in [0.15, 0.2) is 0 Å². The number of nitrogens with zero attached hydrogens (tertiary/aromatic N) is 2. The maximum Gasteiger partial charge on any atom is 0.133 e. The Labute approximate surface area is 115 Å². The third-order valence-corrected chi connectivity index (χ3v) is 3.96. The van der Waals surface area contributed by atoms with Gasteiger partial charge in [-0.2, -0.15) is 0 Å². The van der Waals surface area contributed by atoms with Gasteiger partial charge in [0.1, 0.15) is 11.6 Å². The predicted octanol–water partition coefficient (Wildman–Crippen LogP) is 2.51. The van der Waals surface area contributed by atoms with Crippen molar-refractivity contribution in [2.24, 2.45) is 0 Å². The summed E-state index contributed by atoms with van der Waals surface area (Å²) in [5, 5.41) is 3.47. The Morgan fingerprint density at radius 3 is 3.00 bits per heavy atom. The second kappa shape index (κ2) is 5.87. The summed E-state index contributed by atoms with van der Waals surface area (Å²) in [5.41, 5.74) is 2.62. The van der Waals surface area contributed by atoms with E-state index in [0.717, 1.165) is 56.9 Å². The first-order valence-corrected chi connectivity index (χ1v) is 7.61. The molecule has 4 heteroatoms. The van der Waals surface area contributed by atoms with Gasteiger partial charge in [-0.05, 0) is 38.5 Å². The van der Waals surface area contributed by atoms with Crippen molar-refractivity contribution in [1.82, 2.24) is 9.97 Å². The highest BCUT2D eigenvalue weighted by Crippen LogP contribution is 2.27. The molecule has 1 aromatic heterocycles. The Hall–Kier alpha value is -1.16. The highest BCUT2D eigenvalue weighted by Gasteiger charge is 2.22. The van der Waals surface area contributed by atoms with Crippen molar-refractivity contribution < 1.29 is 4.74 Å². The van der Waals surface area contributed by atoms with Crippen LogP contribution in [0.3, 0.4) is 0 Å². The molecule has 2 aliphatic rings. The maximum absolute atomic E-state index is 5.70. The van der Waals surface area contributed by atoms with Crippen molar-refractivity contribution in [2.45, 2.75) is 58.0 Å². The molecular formula is C15H23N3O. The zero-order valence-corrected chi connectivity index (χ0v) is 11.7. The molecule has 1 aliphatic heterocycles. The lowest BCUT2D eigenvalue weighted by Gasteiger charge is -2.13. The number of hydrogen-bond donors (Lipinski definition) is 1. The summed E-state index contributed by atoms with van der Waals surface area (Å²) in [6.07, 6.45) is 8.11. The Kier molecular flexibility index (Phi) is 3.97. The zero-order chi connectivity index (χ0) is 13.1. The fraction of sp³-hybridized carbons (Fsp3) is 0.733. The topological polar surface area (TPSA) is 47.0 Å². The quantitative estimate of drug-likeness (QED) is 0.884. The molecule has 0 spiro atoms. The summed E-state index contributed by atoms with van der Waals surface area (Å²) in [6, 6.07) is 0. The first kappa shape index (κ1) is 12.9. The smallest absolute Gasteiger partial charge is 0.133 e. The van der Waals surface area contributed by atoms with Gasteiger partial charge in [-0.25, -0.2) is 9.97 Å². The van der Waals surface area contributed by atoms with E-state index >= 15 is 0 Å². The lowest BCUT2D eigenvalue weighted by Crippen LogP contribution is -2.15. The summed E-state index contributed by atoms with van der Waals surface area (Å²) in [6.45, 7) is 4.07. The largest absolute Gasteiger partial charge is 0.378 e. The van der Waals surface area contributed by atoms with Gasteiger partial charge in [-0.3, -0.25) is 0 Å². The van der Waals surface area contributed by atoms with Gasteiger partial charge in [-0.1, -0.05) is 6.92 Å². The Morgan fingerprint density at radius 2 is 2.21 bits per heavy atom. The third kappa shape index (κ3) is 2.89. The normalized spacial score (nSPS) is 21.6. The molecular weight excluding hydrogens is 238 g/mol. The van der Waals surface area contributed by atoms with Gasteiger partial charge in [0, 0.05) is 30.8 Å². The van der Waals surface area contributed by atoms with E-state index in [-0.39, 0.29) is 0 Å². The number of anilines is 1. The van der Waals surface area contributed by atoms with Crippen LogP contribution < -0.4 is 5.32 Å². The van der Waals surface area contributed by atoms with Crippen LogP contribution in [0.5, 0.6) is 0 Å². The van der Waals surface area contributed by atoms with E-state index in [9.17, 15) is 0 Å². The van der Waals surface area contributed by atoms with Crippen LogP contribution in [-0.4, -0.2) is 29.2 Å². The van der Waals surface area contributed by atoms with Gasteiger partial charge < -0.3 is 10.1 Å². The van der Waals surface area contributed by atoms with E-state index in [1.165, 1.54) is 24.1 Å². The van der Waals surface area contributed by atoms with Gasteiger partial charge in [0.25, 0.3) is 0 Å². The molecule has 1 N–H and O–H groups in total. The van der Waals surface area contributed by atoms with E-state index in [4.69, 9.17) is 14.7 Å². The van der Waals surface area contributed by atoms with Crippen molar-refractivity contribution in [3.8, 4) is 0 Å². The molecule has 104 valence electrons. The van der Waals surface area contributed by atoms with E-state index in [0.29, 0.717) is 6.10 Å². The van der Waals surface area contributed by atoms with E-state index in [2.05, 4.69) is 12.2 Å². The van der Waals surface area contributed by atoms with Crippen LogP contribution in [0, 0.1) is 0 Å². The van der Waals surface area contributed by atoms with Crippen LogP contribution in [-0.2, 0) is 24.0 Å². The Balaban J connectivity index is 1.79. The second-order valence-electron chi connectivity index (χ2n) is 5.53. The minimum Gasteiger partial charge on any atom is -0.378 e. The van der Waals surface area contributed by atoms with Gasteiger partial charge in [0.15, 0.2) is 0 Å². The number of fused-ring (bicyclic) bond motifs is 1. The molecule has 1 fully saturated rings. The molecule has 4 nitrogen and oxygen atoms in total. The molecule has 0 amide bonds. The minimum absolute atomic E-state index is 0.332. The van der Waals surface area contributed by atoms with E-state index < -0.39 is 0 Å². The molecule has 2 heterocycles. The number of nitrogens with one attached hydrogen (secondary N) is 1. The minimum atomic E-state index is 0.332. The van der Waals surface area contributed by atoms with E-state index in [1.54, 1.807) is 0 Å². The summed E-state index contributed by atoms with van der Waals surface area (Å²) in [5.74, 6) is 2.04. The summed E-state index contributed by atoms with van der Waals surface area (Å²) in [7, 11) is 0. The van der Waals surface area contributed by atoms with E-state index in [1.807, 2.05) is 0 Å². The first-order chi connectivity index (χ1) is 9.36. The number of hydrogen-bond acceptors (Lipinski definition) is 4. The lowest BCUT2D eigenvalue weighted by molar-refractivity contribution is 0.110. The monoisotopic (exact) mass is 261 g/mol. The Morgan fingerprint density at radius 1 is 1.26 bits per heavy atom. The fourth-order valence-electron chi connectivity index (χ4n) is 2.97. The Bertz CT molecular complexity index is 441. The number of rotatable bonds is 5. The van der Waals surface area contributed by atoms with Crippen LogP contribution >= 0.6 is 0 Å². The van der Waals surface area contributed by atoms with Gasteiger partial charge >= 0.3 is 0 Å². The molecule has 1 atom stereocenters. The highest BCUT2D eigenvalue weighted by atomic mass is 16.5. The molecule has 0 radical (unpaired) electrons. The summed E-state index contributed by atoms with van der Waals surface area (Å²) >= 11 is 0. The third-order valence-electron chi connectivity index (χ3n) is 3.96. The summed E-state index contributed by atoms with van der Waals surface area (Å²) < 4.78 is 5.70. The number of aromatic nitrogens is 2. The van der Waals surface area contributed by atoms with Gasteiger partial charge in [0.05, 0.1) is 6.10 Å². The zero-order valence-electron chi connectivity index (χ0n) is 11.7. The van der Waals surface area contributed by atoms with Crippen molar-refractivity contribution >= 4 is 5.82 Å². The van der Waals surface area contributed by atoms with Crippen molar-refractivity contribution in [3.05, 3.63) is 17.1 Å². The highest BCUT2D eigenvalue weighted by molar-refractivity contribution is 5.48. The van der Waals surface area contributed by atoms with Crippen LogP contribution in [0.4, 0.5) is 5.82 Å². The van der Waals surface area contributed by atoms with Crippen molar-refractivity contribution in [3.63, 3.8) is 0 Å². The average Bonchev–Trinajstić information content (AvgIpc) is 3.06. The molecule has 3 rings (SSSR count). The fourth-order valence-corrected chi connectivity index (χ4v) is 2.97. The molecule has 1 aliphatic carbocycles. The molecule has 0 aromatic carbocycles. The SMILES string of the molecule is CCCNc1nc(CC2CCCO2)nc2c1CCC2. The first-order valence-electron chi connectivity index (χ1n) is 7.61.